The van der Waals surface area contributed by atoms with Gasteiger partial charge >= 0.3 is 0 Å². The lowest BCUT2D eigenvalue weighted by Gasteiger charge is -2.25. The number of rotatable bonds is 3. The molecule has 0 radical (unpaired) electrons. The van der Waals surface area contributed by atoms with E-state index in [4.69, 9.17) is 0 Å². The number of hydrogen-bond acceptors (Lipinski definition) is 5. The van der Waals surface area contributed by atoms with Gasteiger partial charge in [-0.2, -0.15) is 5.10 Å². The highest BCUT2D eigenvalue weighted by Crippen LogP contribution is 2.28. The Morgan fingerprint density at radius 3 is 2.95 bits per heavy atom. The number of nitrogens with one attached hydrogen (secondary N) is 2. The zero-order valence-corrected chi connectivity index (χ0v) is 13.6. The van der Waals surface area contributed by atoms with Gasteiger partial charge in [0.25, 0.3) is 0 Å². The fourth-order valence-corrected chi connectivity index (χ4v) is 2.96. The van der Waals surface area contributed by atoms with Crippen molar-refractivity contribution >= 4 is 39.9 Å². The van der Waals surface area contributed by atoms with Crippen molar-refractivity contribution in [1.29, 1.82) is 0 Å². The van der Waals surface area contributed by atoms with Crippen molar-refractivity contribution < 1.29 is 9.50 Å². The van der Waals surface area contributed by atoms with E-state index in [1.165, 1.54) is 11.0 Å². The van der Waals surface area contributed by atoms with Gasteiger partial charge in [-0.25, -0.2) is 4.39 Å². The molecule has 0 aliphatic carbocycles. The third kappa shape index (κ3) is 3.48. The van der Waals surface area contributed by atoms with Crippen LogP contribution in [0.4, 0.5) is 10.1 Å². The standard InChI is InChI=1S/C13H16BrFN4O.ClH/c14-9-1-2-11(10(15)6-9)19-12(17-18-13(19)20)5-8-3-4-16-7-8;/h1-2,6,8,13,16,18,20H,3-5,7H2;1H/t8-,13?;/m0./s1. The normalized spacial score (nSPS) is 24.5. The van der Waals surface area contributed by atoms with Crippen LogP contribution in [-0.2, 0) is 0 Å². The summed E-state index contributed by atoms with van der Waals surface area (Å²) in [5.74, 6) is 0.758. The van der Waals surface area contributed by atoms with Gasteiger partial charge in [-0.1, -0.05) is 15.9 Å². The number of aliphatic hydroxyl groups excluding tert-OH is 1. The number of amidine groups is 1. The van der Waals surface area contributed by atoms with Crippen LogP contribution in [0.1, 0.15) is 12.8 Å². The summed E-state index contributed by atoms with van der Waals surface area (Å²) in [6.07, 6.45) is 0.772. The molecule has 5 nitrogen and oxygen atoms in total. The van der Waals surface area contributed by atoms with Crippen LogP contribution in [0.5, 0.6) is 0 Å². The molecule has 0 saturated carbocycles. The number of anilines is 1. The van der Waals surface area contributed by atoms with Crippen molar-refractivity contribution in [2.24, 2.45) is 11.0 Å². The van der Waals surface area contributed by atoms with Crippen LogP contribution in [0, 0.1) is 11.7 Å². The predicted molar refractivity (Wildman–Crippen MR) is 86.0 cm³/mol. The Hall–Kier alpha value is -0.890. The first-order chi connectivity index (χ1) is 9.65. The molecule has 3 rings (SSSR count). The summed E-state index contributed by atoms with van der Waals surface area (Å²) in [5, 5.41) is 17.4. The van der Waals surface area contributed by atoms with Crippen LogP contribution < -0.4 is 15.6 Å². The smallest absolute Gasteiger partial charge is 0.225 e. The Morgan fingerprint density at radius 2 is 2.29 bits per heavy atom. The molecule has 2 aliphatic rings. The first-order valence-electron chi connectivity index (χ1n) is 6.60. The lowest BCUT2D eigenvalue weighted by atomic mass is 10.0. The molecule has 1 unspecified atom stereocenters. The van der Waals surface area contributed by atoms with E-state index in [2.05, 4.69) is 31.8 Å². The van der Waals surface area contributed by atoms with Crippen molar-refractivity contribution in [2.75, 3.05) is 18.0 Å². The SMILES string of the molecule is Cl.OC1NN=C(C[C@@H]2CCNC2)N1c1ccc(Br)cc1F. The van der Waals surface area contributed by atoms with Crippen molar-refractivity contribution in [1.82, 2.24) is 10.7 Å². The third-order valence-corrected chi connectivity index (χ3v) is 4.13. The van der Waals surface area contributed by atoms with Crippen LogP contribution in [0.3, 0.4) is 0 Å². The summed E-state index contributed by atoms with van der Waals surface area (Å²) in [5.41, 5.74) is 2.93. The first-order valence-corrected chi connectivity index (χ1v) is 7.39. The molecule has 21 heavy (non-hydrogen) atoms. The zero-order valence-electron chi connectivity index (χ0n) is 11.2. The minimum Gasteiger partial charge on any atom is -0.355 e. The molecule has 2 heterocycles. The summed E-state index contributed by atoms with van der Waals surface area (Å²) in [4.78, 5) is 1.51. The maximum Gasteiger partial charge on any atom is 0.225 e. The van der Waals surface area contributed by atoms with Crippen molar-refractivity contribution in [3.63, 3.8) is 0 Å². The second-order valence-electron chi connectivity index (χ2n) is 5.06. The van der Waals surface area contributed by atoms with Gasteiger partial charge in [0.2, 0.25) is 6.35 Å². The van der Waals surface area contributed by atoms with Crippen LogP contribution in [0.15, 0.2) is 27.8 Å². The topological polar surface area (TPSA) is 59.9 Å². The molecule has 116 valence electrons. The van der Waals surface area contributed by atoms with Gasteiger partial charge in [-0.3, -0.25) is 10.3 Å². The van der Waals surface area contributed by atoms with E-state index in [1.807, 2.05) is 0 Å². The Kier molecular flexibility index (Phi) is 5.43. The third-order valence-electron chi connectivity index (χ3n) is 3.63. The first kappa shape index (κ1) is 16.5. The Balaban J connectivity index is 0.00000161. The van der Waals surface area contributed by atoms with E-state index in [1.54, 1.807) is 12.1 Å². The van der Waals surface area contributed by atoms with Crippen LogP contribution in [-0.4, -0.2) is 30.4 Å². The Morgan fingerprint density at radius 1 is 1.48 bits per heavy atom. The molecule has 0 amide bonds. The molecule has 2 atom stereocenters. The van der Waals surface area contributed by atoms with E-state index in [-0.39, 0.29) is 18.2 Å². The number of hydrazone groups is 1. The molecule has 0 bridgehead atoms. The van der Waals surface area contributed by atoms with Gasteiger partial charge in [0, 0.05) is 10.9 Å². The van der Waals surface area contributed by atoms with Crippen molar-refractivity contribution in [3.8, 4) is 0 Å². The summed E-state index contributed by atoms with van der Waals surface area (Å²) in [6, 6.07) is 4.77. The Bertz CT molecular complexity index is 539. The van der Waals surface area contributed by atoms with Crippen molar-refractivity contribution in [3.05, 3.63) is 28.5 Å². The molecular formula is C13H17BrClFN4O. The van der Waals surface area contributed by atoms with E-state index >= 15 is 0 Å². The fourth-order valence-electron chi connectivity index (χ4n) is 2.62. The second-order valence-corrected chi connectivity index (χ2v) is 5.98. The number of hydrogen-bond donors (Lipinski definition) is 3. The average Bonchev–Trinajstić information content (AvgIpc) is 3.02. The van der Waals surface area contributed by atoms with Crippen LogP contribution in [0.25, 0.3) is 0 Å². The maximum atomic E-state index is 14.1. The molecule has 1 fully saturated rings. The summed E-state index contributed by atoms with van der Waals surface area (Å²) < 4.78 is 14.8. The zero-order chi connectivity index (χ0) is 14.1. The molecule has 3 N–H and O–H groups in total. The van der Waals surface area contributed by atoms with Crippen molar-refractivity contribution in [2.45, 2.75) is 19.2 Å². The fraction of sp³-hybridized carbons (Fsp3) is 0.462. The van der Waals surface area contributed by atoms with Gasteiger partial charge in [-0.15, -0.1) is 12.4 Å². The summed E-state index contributed by atoms with van der Waals surface area (Å²) in [6.45, 7) is 1.94. The van der Waals surface area contributed by atoms with E-state index in [9.17, 15) is 9.50 Å². The number of halogens is 3. The second kappa shape index (κ2) is 6.91. The summed E-state index contributed by atoms with van der Waals surface area (Å²) >= 11 is 3.23. The molecular weight excluding hydrogens is 363 g/mol. The van der Waals surface area contributed by atoms with Gasteiger partial charge in [-0.05, 0) is 43.6 Å². The monoisotopic (exact) mass is 378 g/mol. The van der Waals surface area contributed by atoms with E-state index in [0.29, 0.717) is 28.3 Å². The number of benzene rings is 1. The highest BCUT2D eigenvalue weighted by atomic mass is 79.9. The molecule has 2 aliphatic heterocycles. The average molecular weight is 380 g/mol. The highest BCUT2D eigenvalue weighted by molar-refractivity contribution is 9.10. The molecule has 0 aromatic heterocycles. The highest BCUT2D eigenvalue weighted by Gasteiger charge is 2.31. The lowest BCUT2D eigenvalue weighted by Crippen LogP contribution is -2.41. The molecule has 1 aromatic carbocycles. The molecule has 8 heteroatoms. The molecule has 1 saturated heterocycles. The minimum absolute atomic E-state index is 0. The van der Waals surface area contributed by atoms with Crippen LogP contribution >= 0.6 is 28.3 Å². The molecule has 1 aromatic rings. The molecule has 0 spiro atoms. The largest absolute Gasteiger partial charge is 0.355 e. The van der Waals surface area contributed by atoms with Gasteiger partial charge in [0.05, 0.1) is 5.69 Å². The van der Waals surface area contributed by atoms with Gasteiger partial charge < -0.3 is 10.4 Å². The minimum atomic E-state index is -1.02. The summed E-state index contributed by atoms with van der Waals surface area (Å²) in [7, 11) is 0. The number of nitrogens with zero attached hydrogens (tertiary/aromatic N) is 2. The van der Waals surface area contributed by atoms with E-state index in [0.717, 1.165) is 19.5 Å². The lowest BCUT2D eigenvalue weighted by molar-refractivity contribution is 0.158. The Labute approximate surface area is 137 Å². The predicted octanol–water partition coefficient (Wildman–Crippen LogP) is 2.01. The van der Waals surface area contributed by atoms with Crippen LogP contribution in [0.2, 0.25) is 0 Å². The van der Waals surface area contributed by atoms with Gasteiger partial charge in [0.15, 0.2) is 0 Å². The number of aliphatic hydroxyl groups is 1. The quantitative estimate of drug-likeness (QED) is 0.752. The van der Waals surface area contributed by atoms with E-state index < -0.39 is 6.35 Å². The maximum absolute atomic E-state index is 14.1. The van der Waals surface area contributed by atoms with Gasteiger partial charge in [0.1, 0.15) is 11.7 Å².